The van der Waals surface area contributed by atoms with Crippen LogP contribution >= 0.6 is 0 Å². The van der Waals surface area contributed by atoms with Gasteiger partial charge in [0.15, 0.2) is 9.84 Å². The lowest BCUT2D eigenvalue weighted by atomic mass is 10.1. The Kier molecular flexibility index (Phi) is 7.80. The minimum absolute atomic E-state index is 0.0121. The van der Waals surface area contributed by atoms with Gasteiger partial charge in [-0.15, -0.1) is 0 Å². The summed E-state index contributed by atoms with van der Waals surface area (Å²) in [4.78, 5) is 14.7. The Labute approximate surface area is 179 Å². The van der Waals surface area contributed by atoms with E-state index in [0.29, 0.717) is 19.5 Å². The molecule has 4 nitrogen and oxygen atoms in total. The van der Waals surface area contributed by atoms with Gasteiger partial charge < -0.3 is 4.90 Å². The van der Waals surface area contributed by atoms with Crippen molar-refractivity contribution in [2.75, 3.05) is 5.75 Å². The van der Waals surface area contributed by atoms with Crippen LogP contribution in [0.5, 0.6) is 0 Å². The average Bonchev–Trinajstić information content (AvgIpc) is 2.75. The number of amides is 1. The molecule has 3 aromatic rings. The van der Waals surface area contributed by atoms with Crippen LogP contribution in [-0.2, 0) is 33.5 Å². The molecule has 0 bridgehead atoms. The Morgan fingerprint density at radius 3 is 1.57 bits per heavy atom. The zero-order chi connectivity index (χ0) is 21.2. The molecule has 0 radical (unpaired) electrons. The summed E-state index contributed by atoms with van der Waals surface area (Å²) in [5.74, 6) is -0.00427. The SMILES string of the molecule is O=C(CCCS(=O)(=O)Cc1ccccc1)N(Cc1ccccc1)Cc1ccccc1. The summed E-state index contributed by atoms with van der Waals surface area (Å²) in [6.07, 6.45) is 0.543. The molecule has 0 fully saturated rings. The van der Waals surface area contributed by atoms with Gasteiger partial charge in [0.05, 0.1) is 11.5 Å². The fourth-order valence-corrected chi connectivity index (χ4v) is 4.77. The summed E-state index contributed by atoms with van der Waals surface area (Å²) in [6.45, 7) is 1.01. The quantitative estimate of drug-likeness (QED) is 0.480. The zero-order valence-electron chi connectivity index (χ0n) is 17.0. The van der Waals surface area contributed by atoms with Crippen LogP contribution in [0.25, 0.3) is 0 Å². The summed E-state index contributed by atoms with van der Waals surface area (Å²) in [5, 5.41) is 0. The predicted molar refractivity (Wildman–Crippen MR) is 120 cm³/mol. The maximum atomic E-state index is 12.9. The van der Waals surface area contributed by atoms with Crippen LogP contribution in [0.15, 0.2) is 91.0 Å². The summed E-state index contributed by atoms with van der Waals surface area (Å²) in [7, 11) is -3.24. The number of rotatable bonds is 10. The van der Waals surface area contributed by atoms with E-state index in [-0.39, 0.29) is 23.8 Å². The fourth-order valence-electron chi connectivity index (χ4n) is 3.34. The maximum absolute atomic E-state index is 12.9. The van der Waals surface area contributed by atoms with Gasteiger partial charge in [0.25, 0.3) is 0 Å². The number of hydrogen-bond donors (Lipinski definition) is 0. The first-order valence-electron chi connectivity index (χ1n) is 10.1. The lowest BCUT2D eigenvalue weighted by molar-refractivity contribution is -0.132. The molecule has 0 atom stereocenters. The van der Waals surface area contributed by atoms with Crippen molar-refractivity contribution in [2.45, 2.75) is 31.7 Å². The van der Waals surface area contributed by atoms with E-state index in [1.54, 1.807) is 4.90 Å². The number of carbonyl (C=O) groups excluding carboxylic acids is 1. The van der Waals surface area contributed by atoms with Gasteiger partial charge in [0.2, 0.25) is 5.91 Å². The van der Waals surface area contributed by atoms with Crippen molar-refractivity contribution in [3.8, 4) is 0 Å². The normalized spacial score (nSPS) is 11.2. The first kappa shape index (κ1) is 21.8. The van der Waals surface area contributed by atoms with Crippen molar-refractivity contribution in [2.24, 2.45) is 0 Å². The van der Waals surface area contributed by atoms with E-state index in [1.807, 2.05) is 91.0 Å². The maximum Gasteiger partial charge on any atom is 0.223 e. The van der Waals surface area contributed by atoms with Crippen LogP contribution in [0.2, 0.25) is 0 Å². The monoisotopic (exact) mass is 421 g/mol. The van der Waals surface area contributed by atoms with E-state index in [0.717, 1.165) is 16.7 Å². The van der Waals surface area contributed by atoms with Crippen LogP contribution < -0.4 is 0 Å². The second-order valence-corrected chi connectivity index (χ2v) is 9.59. The van der Waals surface area contributed by atoms with Crippen LogP contribution in [-0.4, -0.2) is 25.0 Å². The highest BCUT2D eigenvalue weighted by Crippen LogP contribution is 2.14. The number of hydrogen-bond acceptors (Lipinski definition) is 3. The molecule has 30 heavy (non-hydrogen) atoms. The van der Waals surface area contributed by atoms with Gasteiger partial charge in [-0.05, 0) is 23.1 Å². The molecule has 3 aromatic carbocycles. The van der Waals surface area contributed by atoms with E-state index in [4.69, 9.17) is 0 Å². The van der Waals surface area contributed by atoms with Crippen molar-refractivity contribution in [1.29, 1.82) is 0 Å². The third kappa shape index (κ3) is 7.16. The van der Waals surface area contributed by atoms with E-state index < -0.39 is 9.84 Å². The van der Waals surface area contributed by atoms with E-state index in [2.05, 4.69) is 0 Å². The molecule has 1 amide bonds. The van der Waals surface area contributed by atoms with Crippen molar-refractivity contribution in [3.05, 3.63) is 108 Å². The van der Waals surface area contributed by atoms with Gasteiger partial charge in [-0.3, -0.25) is 4.79 Å². The molecule has 3 rings (SSSR count). The molecular weight excluding hydrogens is 394 g/mol. The van der Waals surface area contributed by atoms with Crippen molar-refractivity contribution in [3.63, 3.8) is 0 Å². The van der Waals surface area contributed by atoms with Crippen LogP contribution in [0, 0.1) is 0 Å². The first-order valence-corrected chi connectivity index (χ1v) is 11.9. The number of benzene rings is 3. The van der Waals surface area contributed by atoms with Gasteiger partial charge in [-0.1, -0.05) is 91.0 Å². The molecule has 0 aliphatic rings. The number of carbonyl (C=O) groups is 1. The molecule has 156 valence electrons. The van der Waals surface area contributed by atoms with Crippen molar-refractivity contribution < 1.29 is 13.2 Å². The summed E-state index contributed by atoms with van der Waals surface area (Å²) in [5.41, 5.74) is 2.88. The van der Waals surface area contributed by atoms with Gasteiger partial charge in [-0.2, -0.15) is 0 Å². The van der Waals surface area contributed by atoms with E-state index in [9.17, 15) is 13.2 Å². The van der Waals surface area contributed by atoms with Crippen LogP contribution in [0.3, 0.4) is 0 Å². The Morgan fingerprint density at radius 2 is 1.10 bits per heavy atom. The molecule has 0 saturated heterocycles. The molecule has 0 spiro atoms. The number of nitrogens with zero attached hydrogens (tertiary/aromatic N) is 1. The Hall–Kier alpha value is -2.92. The summed E-state index contributed by atoms with van der Waals surface area (Å²) >= 11 is 0. The fraction of sp³-hybridized carbons (Fsp3) is 0.240. The second kappa shape index (κ2) is 10.7. The lowest BCUT2D eigenvalue weighted by Gasteiger charge is -2.23. The second-order valence-electron chi connectivity index (χ2n) is 7.40. The first-order chi connectivity index (χ1) is 14.5. The van der Waals surface area contributed by atoms with Gasteiger partial charge in [0.1, 0.15) is 0 Å². The highest BCUT2D eigenvalue weighted by molar-refractivity contribution is 7.90. The topological polar surface area (TPSA) is 54.5 Å². The molecule has 0 N–H and O–H groups in total. The van der Waals surface area contributed by atoms with Gasteiger partial charge >= 0.3 is 0 Å². The molecule has 0 saturated carbocycles. The minimum Gasteiger partial charge on any atom is -0.334 e. The third-order valence-corrected chi connectivity index (χ3v) is 6.54. The summed E-state index contributed by atoms with van der Waals surface area (Å²) < 4.78 is 24.8. The molecule has 5 heteroatoms. The molecule has 0 unspecified atom stereocenters. The minimum atomic E-state index is -3.24. The smallest absolute Gasteiger partial charge is 0.223 e. The zero-order valence-corrected chi connectivity index (χ0v) is 17.8. The largest absolute Gasteiger partial charge is 0.334 e. The Morgan fingerprint density at radius 1 is 0.667 bits per heavy atom. The third-order valence-electron chi connectivity index (χ3n) is 4.86. The molecule has 0 aliphatic heterocycles. The predicted octanol–water partition coefficient (Wildman–Crippen LogP) is 4.61. The standard InChI is InChI=1S/C25H27NO3S/c27-25(17-10-18-30(28,29)21-24-15-8-3-9-16-24)26(19-22-11-4-1-5-12-22)20-23-13-6-2-7-14-23/h1-9,11-16H,10,17-21H2. The Bertz CT molecular complexity index is 978. The molecule has 0 heterocycles. The van der Waals surface area contributed by atoms with Crippen molar-refractivity contribution >= 4 is 15.7 Å². The lowest BCUT2D eigenvalue weighted by Crippen LogP contribution is -2.30. The average molecular weight is 422 g/mol. The van der Waals surface area contributed by atoms with Crippen molar-refractivity contribution in [1.82, 2.24) is 4.90 Å². The van der Waals surface area contributed by atoms with E-state index >= 15 is 0 Å². The highest BCUT2D eigenvalue weighted by Gasteiger charge is 2.17. The van der Waals surface area contributed by atoms with E-state index in [1.165, 1.54) is 0 Å². The highest BCUT2D eigenvalue weighted by atomic mass is 32.2. The van der Waals surface area contributed by atoms with Gasteiger partial charge in [-0.25, -0.2) is 8.42 Å². The number of sulfone groups is 1. The van der Waals surface area contributed by atoms with Crippen LogP contribution in [0.4, 0.5) is 0 Å². The molecule has 0 aromatic heterocycles. The van der Waals surface area contributed by atoms with Crippen LogP contribution in [0.1, 0.15) is 29.5 Å². The Balaban J connectivity index is 1.59. The summed E-state index contributed by atoms with van der Waals surface area (Å²) in [6, 6.07) is 28.8. The molecule has 0 aliphatic carbocycles. The molecular formula is C25H27NO3S. The van der Waals surface area contributed by atoms with Gasteiger partial charge in [0, 0.05) is 19.5 Å².